The van der Waals surface area contributed by atoms with Crippen LogP contribution < -0.4 is 10.6 Å². The molecule has 2 aromatic rings. The van der Waals surface area contributed by atoms with Crippen LogP contribution in [0.15, 0.2) is 6.20 Å². The quantitative estimate of drug-likeness (QED) is 0.649. The van der Waals surface area contributed by atoms with Crippen molar-refractivity contribution in [1.29, 1.82) is 0 Å². The summed E-state index contributed by atoms with van der Waals surface area (Å²) < 4.78 is 5.02. The average molecular weight is 250 g/mol. The van der Waals surface area contributed by atoms with Crippen LogP contribution in [0.2, 0.25) is 0 Å². The van der Waals surface area contributed by atoms with E-state index in [1.165, 1.54) is 0 Å². The monoisotopic (exact) mass is 250 g/mol. The highest BCUT2D eigenvalue weighted by atomic mass is 16.5. The summed E-state index contributed by atoms with van der Waals surface area (Å²) in [5.74, 6) is 0.817. The molecule has 0 aliphatic carbocycles. The number of nitrogens with one attached hydrogen (secondary N) is 1. The van der Waals surface area contributed by atoms with Gasteiger partial charge in [0.1, 0.15) is 11.4 Å². The molecular weight excluding hydrogens is 236 g/mol. The largest absolute Gasteiger partial charge is 0.383 e. The van der Waals surface area contributed by atoms with E-state index in [0.29, 0.717) is 31.2 Å². The van der Waals surface area contributed by atoms with Crippen LogP contribution in [0.4, 0.5) is 11.8 Å². The first kappa shape index (κ1) is 11.2. The van der Waals surface area contributed by atoms with E-state index in [1.54, 1.807) is 6.20 Å². The number of aromatic nitrogens is 4. The number of ether oxygens (including phenoxy) is 1. The van der Waals surface area contributed by atoms with E-state index in [2.05, 4.69) is 20.2 Å². The Labute approximate surface area is 103 Å². The Morgan fingerprint density at radius 1 is 1.56 bits per heavy atom. The summed E-state index contributed by atoms with van der Waals surface area (Å²) in [6.07, 6.45) is 1.64. The highest BCUT2D eigenvalue weighted by Crippen LogP contribution is 2.25. The first-order chi connectivity index (χ1) is 8.57. The lowest BCUT2D eigenvalue weighted by atomic mass is 10.0. The van der Waals surface area contributed by atoms with E-state index in [4.69, 9.17) is 10.5 Å². The Morgan fingerprint density at radius 3 is 3.00 bits per heavy atom. The molecule has 1 aliphatic heterocycles. The molecule has 0 aromatic carbocycles. The van der Waals surface area contributed by atoms with Gasteiger partial charge < -0.3 is 20.5 Å². The number of nitrogens with two attached hydrogens (primary N) is 1. The van der Waals surface area contributed by atoms with E-state index in [9.17, 15) is 5.11 Å². The molecule has 3 heterocycles. The Hall–Kier alpha value is -1.93. The van der Waals surface area contributed by atoms with Crippen molar-refractivity contribution >= 4 is 22.8 Å². The van der Waals surface area contributed by atoms with Crippen molar-refractivity contribution in [3.63, 3.8) is 0 Å². The van der Waals surface area contributed by atoms with Gasteiger partial charge >= 0.3 is 0 Å². The second-order valence-electron chi connectivity index (χ2n) is 4.61. The van der Waals surface area contributed by atoms with Gasteiger partial charge in [0.05, 0.1) is 31.3 Å². The highest BCUT2D eigenvalue weighted by Gasteiger charge is 2.37. The first-order valence-electron chi connectivity index (χ1n) is 5.55. The van der Waals surface area contributed by atoms with E-state index >= 15 is 0 Å². The van der Waals surface area contributed by atoms with Gasteiger partial charge in [0.25, 0.3) is 0 Å². The number of nitrogens with zero attached hydrogens (tertiary/aromatic N) is 4. The van der Waals surface area contributed by atoms with Crippen LogP contribution in [-0.4, -0.2) is 57.7 Å². The van der Waals surface area contributed by atoms with Crippen LogP contribution in [0.5, 0.6) is 0 Å². The molecular formula is C10H14N6O2. The Morgan fingerprint density at radius 2 is 2.33 bits per heavy atom. The molecule has 8 nitrogen and oxygen atoms in total. The summed E-state index contributed by atoms with van der Waals surface area (Å²) in [7, 11) is 1.84. The van der Waals surface area contributed by atoms with Crippen molar-refractivity contribution in [2.45, 2.75) is 5.60 Å². The molecule has 4 N–H and O–H groups in total. The Kier molecular flexibility index (Phi) is 2.35. The molecule has 18 heavy (non-hydrogen) atoms. The number of hydrogen-bond acceptors (Lipinski definition) is 7. The maximum atomic E-state index is 10.1. The SMILES string of the molecule is CN(CC1(O)COC1)c1nc(N)nc2[nH]ncc12. The molecule has 0 unspecified atom stereocenters. The van der Waals surface area contributed by atoms with E-state index < -0.39 is 5.60 Å². The van der Waals surface area contributed by atoms with Crippen molar-refractivity contribution in [3.8, 4) is 0 Å². The third-order valence-corrected chi connectivity index (χ3v) is 2.94. The third-order valence-electron chi connectivity index (χ3n) is 2.94. The lowest BCUT2D eigenvalue weighted by Crippen LogP contribution is -2.56. The number of likely N-dealkylation sites (N-methyl/N-ethyl adjacent to an activating group) is 1. The van der Waals surface area contributed by atoms with Crippen LogP contribution in [0, 0.1) is 0 Å². The number of nitrogen functional groups attached to an aromatic ring is 1. The summed E-state index contributed by atoms with van der Waals surface area (Å²) in [6.45, 7) is 1.10. The number of hydrogen-bond donors (Lipinski definition) is 3. The van der Waals surface area contributed by atoms with Gasteiger partial charge in [-0.25, -0.2) is 0 Å². The van der Waals surface area contributed by atoms with Crippen LogP contribution in [-0.2, 0) is 4.74 Å². The zero-order valence-corrected chi connectivity index (χ0v) is 9.92. The molecule has 8 heteroatoms. The number of fused-ring (bicyclic) bond motifs is 1. The minimum absolute atomic E-state index is 0.172. The van der Waals surface area contributed by atoms with E-state index in [-0.39, 0.29) is 5.95 Å². The van der Waals surface area contributed by atoms with Crippen LogP contribution in [0.3, 0.4) is 0 Å². The summed E-state index contributed by atoms with van der Waals surface area (Å²) in [5, 5.41) is 17.5. The minimum Gasteiger partial charge on any atom is -0.383 e. The topological polar surface area (TPSA) is 113 Å². The van der Waals surface area contributed by atoms with Crippen molar-refractivity contribution < 1.29 is 9.84 Å². The summed E-state index contributed by atoms with van der Waals surface area (Å²) in [4.78, 5) is 10.1. The van der Waals surface area contributed by atoms with E-state index in [1.807, 2.05) is 11.9 Å². The molecule has 3 rings (SSSR count). The fraction of sp³-hybridized carbons (Fsp3) is 0.500. The van der Waals surface area contributed by atoms with E-state index in [0.717, 1.165) is 5.39 Å². The molecule has 2 aromatic heterocycles. The van der Waals surface area contributed by atoms with Gasteiger partial charge in [0.15, 0.2) is 5.65 Å². The van der Waals surface area contributed by atoms with Crippen molar-refractivity contribution in [2.75, 3.05) is 37.4 Å². The van der Waals surface area contributed by atoms with Crippen LogP contribution in [0.1, 0.15) is 0 Å². The lowest BCUT2D eigenvalue weighted by Gasteiger charge is -2.39. The van der Waals surface area contributed by atoms with Crippen LogP contribution in [0.25, 0.3) is 11.0 Å². The van der Waals surface area contributed by atoms with Gasteiger partial charge in [-0.1, -0.05) is 0 Å². The summed E-state index contributed by atoms with van der Waals surface area (Å²) >= 11 is 0. The van der Waals surface area contributed by atoms with Gasteiger partial charge in [-0.05, 0) is 0 Å². The molecule has 0 amide bonds. The number of anilines is 2. The van der Waals surface area contributed by atoms with Crippen molar-refractivity contribution in [1.82, 2.24) is 20.2 Å². The second kappa shape index (κ2) is 3.79. The Balaban J connectivity index is 1.94. The standard InChI is InChI=1S/C10H14N6O2/c1-16(3-10(17)4-18-5-10)8-6-2-12-15-7(6)13-9(11)14-8/h2,17H,3-5H2,1H3,(H3,11,12,13,14,15). The number of rotatable bonds is 3. The molecule has 0 saturated carbocycles. The molecule has 1 saturated heterocycles. The molecule has 1 aliphatic rings. The molecule has 0 spiro atoms. The zero-order chi connectivity index (χ0) is 12.8. The predicted octanol–water partition coefficient (Wildman–Crippen LogP) is -0.867. The zero-order valence-electron chi connectivity index (χ0n) is 9.92. The second-order valence-corrected chi connectivity index (χ2v) is 4.61. The summed E-state index contributed by atoms with van der Waals surface area (Å²) in [5.41, 5.74) is 5.42. The normalized spacial score (nSPS) is 17.7. The molecule has 0 atom stereocenters. The molecule has 96 valence electrons. The van der Waals surface area contributed by atoms with Crippen molar-refractivity contribution in [2.24, 2.45) is 0 Å². The number of H-pyrrole nitrogens is 1. The molecule has 1 fully saturated rings. The third kappa shape index (κ3) is 1.75. The number of aliphatic hydroxyl groups is 1. The van der Waals surface area contributed by atoms with Gasteiger partial charge in [-0.3, -0.25) is 5.10 Å². The highest BCUT2D eigenvalue weighted by molar-refractivity contribution is 5.87. The summed E-state index contributed by atoms with van der Waals surface area (Å²) in [6, 6.07) is 0. The molecule has 0 radical (unpaired) electrons. The van der Waals surface area contributed by atoms with Gasteiger partial charge in [0, 0.05) is 7.05 Å². The van der Waals surface area contributed by atoms with Crippen molar-refractivity contribution in [3.05, 3.63) is 6.20 Å². The predicted molar refractivity (Wildman–Crippen MR) is 65.1 cm³/mol. The first-order valence-corrected chi connectivity index (χ1v) is 5.55. The maximum Gasteiger partial charge on any atom is 0.224 e. The van der Waals surface area contributed by atoms with Gasteiger partial charge in [-0.15, -0.1) is 0 Å². The molecule has 0 bridgehead atoms. The maximum absolute atomic E-state index is 10.1. The number of aromatic amines is 1. The smallest absolute Gasteiger partial charge is 0.224 e. The lowest BCUT2D eigenvalue weighted by molar-refractivity contribution is -0.171. The Bertz CT molecular complexity index is 579. The fourth-order valence-corrected chi connectivity index (χ4v) is 2.07. The average Bonchev–Trinajstić information content (AvgIpc) is 2.73. The minimum atomic E-state index is -0.815. The van der Waals surface area contributed by atoms with Gasteiger partial charge in [-0.2, -0.15) is 15.1 Å². The fourth-order valence-electron chi connectivity index (χ4n) is 2.07. The van der Waals surface area contributed by atoms with Gasteiger partial charge in [0.2, 0.25) is 5.95 Å². The van der Waals surface area contributed by atoms with Crippen LogP contribution >= 0.6 is 0 Å².